The zero-order valence-electron chi connectivity index (χ0n) is 8.84. The minimum atomic E-state index is 0.553. The average Bonchev–Trinajstić information content (AvgIpc) is 2.82. The second-order valence-electron chi connectivity index (χ2n) is 4.11. The van der Waals surface area contributed by atoms with E-state index in [4.69, 9.17) is 11.6 Å². The summed E-state index contributed by atoms with van der Waals surface area (Å²) in [5.74, 6) is 2.23. The number of nitrogens with zero attached hydrogens (tertiary/aromatic N) is 2. The Morgan fingerprint density at radius 2 is 2.07 bits per heavy atom. The van der Waals surface area contributed by atoms with E-state index in [-0.39, 0.29) is 0 Å². The van der Waals surface area contributed by atoms with Gasteiger partial charge in [0.25, 0.3) is 0 Å². The van der Waals surface area contributed by atoms with Gasteiger partial charge in [-0.15, -0.1) is 0 Å². The van der Waals surface area contributed by atoms with Gasteiger partial charge in [0.1, 0.15) is 11.0 Å². The molecule has 1 heterocycles. The van der Waals surface area contributed by atoms with E-state index in [9.17, 15) is 0 Å². The predicted molar refractivity (Wildman–Crippen MR) is 57.7 cm³/mol. The fourth-order valence-corrected chi connectivity index (χ4v) is 2.19. The lowest BCUT2D eigenvalue weighted by molar-refractivity contribution is 0.821. The van der Waals surface area contributed by atoms with Crippen molar-refractivity contribution in [2.75, 3.05) is 0 Å². The van der Waals surface area contributed by atoms with Gasteiger partial charge in [-0.3, -0.25) is 0 Å². The Labute approximate surface area is 89.7 Å². The Morgan fingerprint density at radius 1 is 1.43 bits per heavy atom. The highest BCUT2D eigenvalue weighted by molar-refractivity contribution is 6.30. The molecule has 76 valence electrons. The van der Waals surface area contributed by atoms with Crippen molar-refractivity contribution in [1.82, 2.24) is 9.97 Å². The normalized spacial score (nSPS) is 25.1. The molecular weight excluding hydrogens is 196 g/mol. The Hall–Kier alpha value is -0.630. The van der Waals surface area contributed by atoms with Crippen molar-refractivity contribution in [2.45, 2.75) is 39.5 Å². The van der Waals surface area contributed by atoms with Gasteiger partial charge in [-0.05, 0) is 25.7 Å². The van der Waals surface area contributed by atoms with Crippen LogP contribution < -0.4 is 0 Å². The second-order valence-corrected chi connectivity index (χ2v) is 4.47. The summed E-state index contributed by atoms with van der Waals surface area (Å²) in [5.41, 5.74) is 2.13. The van der Waals surface area contributed by atoms with E-state index in [2.05, 4.69) is 23.8 Å². The third-order valence-corrected chi connectivity index (χ3v) is 3.29. The number of hydrogen-bond acceptors (Lipinski definition) is 2. The number of hydrogen-bond donors (Lipinski definition) is 0. The molecule has 2 rings (SSSR count). The summed E-state index contributed by atoms with van der Waals surface area (Å²) in [6.07, 6.45) is 2.12. The Kier molecular flexibility index (Phi) is 2.48. The quantitative estimate of drug-likeness (QED) is 0.701. The van der Waals surface area contributed by atoms with Gasteiger partial charge in [-0.25, -0.2) is 9.97 Å². The van der Waals surface area contributed by atoms with Gasteiger partial charge in [0.15, 0.2) is 0 Å². The molecule has 1 aromatic rings. The van der Waals surface area contributed by atoms with Crippen LogP contribution in [0.25, 0.3) is 0 Å². The van der Waals surface area contributed by atoms with Crippen molar-refractivity contribution in [1.29, 1.82) is 0 Å². The molecule has 3 heteroatoms. The highest BCUT2D eigenvalue weighted by Gasteiger charge is 2.37. The Morgan fingerprint density at radius 3 is 2.50 bits per heavy atom. The highest BCUT2D eigenvalue weighted by atomic mass is 35.5. The highest BCUT2D eigenvalue weighted by Crippen LogP contribution is 2.45. The molecule has 1 saturated carbocycles. The van der Waals surface area contributed by atoms with E-state index in [0.29, 0.717) is 11.1 Å². The third-order valence-electron chi connectivity index (χ3n) is 2.98. The minimum Gasteiger partial charge on any atom is -0.238 e. The van der Waals surface area contributed by atoms with Gasteiger partial charge in [0.05, 0.1) is 0 Å². The van der Waals surface area contributed by atoms with Gasteiger partial charge in [0, 0.05) is 17.2 Å². The van der Waals surface area contributed by atoms with Crippen molar-refractivity contribution < 1.29 is 0 Å². The van der Waals surface area contributed by atoms with Crippen LogP contribution in [0.2, 0.25) is 5.15 Å². The number of aromatic nitrogens is 2. The van der Waals surface area contributed by atoms with Crippen molar-refractivity contribution in [2.24, 2.45) is 5.92 Å². The lowest BCUT2D eigenvalue weighted by atomic mass is 10.2. The zero-order valence-corrected chi connectivity index (χ0v) is 9.60. The molecule has 0 radical (unpaired) electrons. The maximum absolute atomic E-state index is 6.10. The van der Waals surface area contributed by atoms with Crippen molar-refractivity contribution in [3.05, 3.63) is 22.2 Å². The summed E-state index contributed by atoms with van der Waals surface area (Å²) >= 11 is 6.10. The van der Waals surface area contributed by atoms with E-state index in [1.807, 2.05) is 6.92 Å². The molecular formula is C11H15ClN2. The van der Waals surface area contributed by atoms with Gasteiger partial charge in [-0.1, -0.05) is 25.4 Å². The van der Waals surface area contributed by atoms with Gasteiger partial charge in [-0.2, -0.15) is 0 Å². The molecule has 1 aliphatic rings. The zero-order chi connectivity index (χ0) is 10.3. The van der Waals surface area contributed by atoms with Crippen LogP contribution in [0.5, 0.6) is 0 Å². The van der Waals surface area contributed by atoms with Gasteiger partial charge >= 0.3 is 0 Å². The molecule has 0 aliphatic heterocycles. The average molecular weight is 211 g/mol. The maximum Gasteiger partial charge on any atom is 0.136 e. The largest absolute Gasteiger partial charge is 0.238 e. The predicted octanol–water partition coefficient (Wildman–Crippen LogP) is 3.12. The Bertz CT molecular complexity index is 339. The van der Waals surface area contributed by atoms with Crippen molar-refractivity contribution in [3.8, 4) is 0 Å². The van der Waals surface area contributed by atoms with Crippen LogP contribution in [0.3, 0.4) is 0 Å². The summed E-state index contributed by atoms with van der Waals surface area (Å²) in [5, 5.41) is 0.647. The molecule has 2 atom stereocenters. The SMILES string of the molecule is CCc1c(C)nc(C2CC2C)nc1Cl. The standard InChI is InChI=1S/C11H15ClN2/c1-4-8-7(3)13-11(14-10(8)12)9-5-6(9)2/h6,9H,4-5H2,1-3H3. The molecule has 1 aliphatic carbocycles. The van der Waals surface area contributed by atoms with E-state index in [1.54, 1.807) is 0 Å². The Balaban J connectivity index is 2.37. The van der Waals surface area contributed by atoms with Crippen LogP contribution in [-0.4, -0.2) is 9.97 Å². The molecule has 1 fully saturated rings. The topological polar surface area (TPSA) is 25.8 Å². The van der Waals surface area contributed by atoms with Crippen LogP contribution in [-0.2, 0) is 6.42 Å². The summed E-state index contributed by atoms with van der Waals surface area (Å²) in [4.78, 5) is 8.89. The molecule has 2 unspecified atom stereocenters. The molecule has 14 heavy (non-hydrogen) atoms. The fourth-order valence-electron chi connectivity index (χ4n) is 1.83. The first-order valence-corrected chi connectivity index (χ1v) is 5.54. The summed E-state index contributed by atoms with van der Waals surface area (Å²) in [7, 11) is 0. The summed E-state index contributed by atoms with van der Waals surface area (Å²) < 4.78 is 0. The lowest BCUT2D eigenvalue weighted by Gasteiger charge is -2.06. The van der Waals surface area contributed by atoms with Crippen LogP contribution >= 0.6 is 11.6 Å². The molecule has 2 nitrogen and oxygen atoms in total. The molecule has 0 spiro atoms. The van der Waals surface area contributed by atoms with Crippen molar-refractivity contribution in [3.63, 3.8) is 0 Å². The molecule has 0 N–H and O–H groups in total. The third kappa shape index (κ3) is 1.63. The minimum absolute atomic E-state index is 0.553. The summed E-state index contributed by atoms with van der Waals surface area (Å²) in [6, 6.07) is 0. The van der Waals surface area contributed by atoms with E-state index in [1.165, 1.54) is 6.42 Å². The molecule has 0 amide bonds. The van der Waals surface area contributed by atoms with Gasteiger partial charge in [0.2, 0.25) is 0 Å². The van der Waals surface area contributed by atoms with Crippen LogP contribution in [0.15, 0.2) is 0 Å². The van der Waals surface area contributed by atoms with Crippen LogP contribution in [0, 0.1) is 12.8 Å². The van der Waals surface area contributed by atoms with Gasteiger partial charge < -0.3 is 0 Å². The smallest absolute Gasteiger partial charge is 0.136 e. The molecule has 0 bridgehead atoms. The monoisotopic (exact) mass is 210 g/mol. The van der Waals surface area contributed by atoms with E-state index >= 15 is 0 Å². The molecule has 1 aromatic heterocycles. The van der Waals surface area contributed by atoms with E-state index < -0.39 is 0 Å². The second kappa shape index (κ2) is 3.50. The van der Waals surface area contributed by atoms with E-state index in [0.717, 1.165) is 29.4 Å². The van der Waals surface area contributed by atoms with Crippen LogP contribution in [0.1, 0.15) is 43.3 Å². The number of rotatable bonds is 2. The molecule has 0 saturated heterocycles. The first-order chi connectivity index (χ1) is 6.63. The summed E-state index contributed by atoms with van der Waals surface area (Å²) in [6.45, 7) is 6.32. The number of aryl methyl sites for hydroxylation is 1. The lowest BCUT2D eigenvalue weighted by Crippen LogP contribution is -2.01. The molecule has 0 aromatic carbocycles. The first-order valence-electron chi connectivity index (χ1n) is 5.16. The van der Waals surface area contributed by atoms with Crippen LogP contribution in [0.4, 0.5) is 0 Å². The maximum atomic E-state index is 6.10. The number of halogens is 1. The van der Waals surface area contributed by atoms with Crippen molar-refractivity contribution >= 4 is 11.6 Å². The first kappa shape index (κ1) is 9.91. The fraction of sp³-hybridized carbons (Fsp3) is 0.636.